The molecule has 3 N–H and O–H groups in total. The van der Waals surface area contributed by atoms with Crippen LogP contribution in [0.1, 0.15) is 42.5 Å². The Morgan fingerprint density at radius 1 is 1.33 bits per heavy atom. The summed E-state index contributed by atoms with van der Waals surface area (Å²) in [6.07, 6.45) is 6.34. The zero-order valence-electron chi connectivity index (χ0n) is 12.0. The van der Waals surface area contributed by atoms with Crippen LogP contribution in [-0.4, -0.2) is 31.2 Å². The smallest absolute Gasteiger partial charge is 0.335 e. The summed E-state index contributed by atoms with van der Waals surface area (Å²) >= 11 is 0. The van der Waals surface area contributed by atoms with Crippen LogP contribution < -0.4 is 16.7 Å². The molecule has 1 fully saturated rings. The number of hydrogen-bond acceptors (Lipinski definition) is 5. The van der Waals surface area contributed by atoms with Gasteiger partial charge in [0.05, 0.1) is 11.7 Å². The van der Waals surface area contributed by atoms with Crippen molar-refractivity contribution in [3.63, 3.8) is 0 Å². The van der Waals surface area contributed by atoms with E-state index in [9.17, 15) is 9.59 Å². The first-order valence-corrected chi connectivity index (χ1v) is 7.39. The Kier molecular flexibility index (Phi) is 5.95. The minimum absolute atomic E-state index is 0.248. The van der Waals surface area contributed by atoms with Crippen LogP contribution in [0, 0.1) is 0 Å². The number of amides is 1. The number of carbonyl (C=O) groups excluding carboxylic acids is 1. The van der Waals surface area contributed by atoms with Gasteiger partial charge in [0.15, 0.2) is 0 Å². The molecular weight excluding hydrogens is 272 g/mol. The summed E-state index contributed by atoms with van der Waals surface area (Å²) in [5.41, 5.74) is 5.72. The van der Waals surface area contributed by atoms with Crippen molar-refractivity contribution in [2.75, 3.05) is 13.2 Å². The minimum Gasteiger partial charge on any atom is -0.430 e. The van der Waals surface area contributed by atoms with E-state index < -0.39 is 5.63 Å². The molecule has 6 heteroatoms. The summed E-state index contributed by atoms with van der Waals surface area (Å²) in [5, 5.41) is 2.76. The van der Waals surface area contributed by atoms with Gasteiger partial charge in [-0.25, -0.2) is 4.79 Å². The van der Waals surface area contributed by atoms with Gasteiger partial charge < -0.3 is 20.2 Å². The molecule has 0 saturated heterocycles. The van der Waals surface area contributed by atoms with Crippen molar-refractivity contribution in [1.29, 1.82) is 0 Å². The molecule has 1 aliphatic rings. The molecule has 0 aromatic carbocycles. The van der Waals surface area contributed by atoms with Gasteiger partial charge in [-0.2, -0.15) is 0 Å². The summed E-state index contributed by atoms with van der Waals surface area (Å²) in [6.45, 7) is 1.16. The molecule has 0 unspecified atom stereocenters. The third-order valence-corrected chi connectivity index (χ3v) is 3.64. The molecule has 1 aliphatic carbocycles. The highest BCUT2D eigenvalue weighted by molar-refractivity contribution is 5.93. The molecule has 1 aromatic heterocycles. The lowest BCUT2D eigenvalue weighted by atomic mass is 9.94. The van der Waals surface area contributed by atoms with Gasteiger partial charge in [0, 0.05) is 25.3 Å². The van der Waals surface area contributed by atoms with Crippen molar-refractivity contribution < 1.29 is 13.9 Å². The first-order valence-electron chi connectivity index (χ1n) is 7.39. The quantitative estimate of drug-likeness (QED) is 0.765. The van der Waals surface area contributed by atoms with Crippen molar-refractivity contribution in [1.82, 2.24) is 5.32 Å². The van der Waals surface area contributed by atoms with Crippen molar-refractivity contribution in [2.45, 2.75) is 44.2 Å². The maximum Gasteiger partial charge on any atom is 0.335 e. The van der Waals surface area contributed by atoms with Crippen LogP contribution in [0.4, 0.5) is 0 Å². The Morgan fingerprint density at radius 2 is 2.10 bits per heavy atom. The van der Waals surface area contributed by atoms with Gasteiger partial charge in [-0.1, -0.05) is 0 Å². The van der Waals surface area contributed by atoms with E-state index in [2.05, 4.69) is 9.73 Å². The molecule has 1 aromatic rings. The predicted octanol–water partition coefficient (Wildman–Crippen LogP) is 1.05. The second-order valence-corrected chi connectivity index (χ2v) is 5.36. The lowest BCUT2D eigenvalue weighted by molar-refractivity contribution is 0.0241. The summed E-state index contributed by atoms with van der Waals surface area (Å²) in [7, 11) is 0. The molecule has 0 bridgehead atoms. The van der Waals surface area contributed by atoms with Crippen LogP contribution in [-0.2, 0) is 4.74 Å². The SMILES string of the molecule is NC1CCC(OCCCNC(=O)c2ccc(=O)oc2)CC1. The Bertz CT molecular complexity index is 486. The van der Waals surface area contributed by atoms with Gasteiger partial charge >= 0.3 is 5.63 Å². The molecule has 1 heterocycles. The van der Waals surface area contributed by atoms with Gasteiger partial charge in [-0.15, -0.1) is 0 Å². The van der Waals surface area contributed by atoms with E-state index in [4.69, 9.17) is 10.5 Å². The van der Waals surface area contributed by atoms with E-state index in [1.54, 1.807) is 0 Å². The molecule has 2 rings (SSSR count). The van der Waals surface area contributed by atoms with E-state index >= 15 is 0 Å². The number of hydrogen-bond donors (Lipinski definition) is 2. The molecule has 0 aliphatic heterocycles. The predicted molar refractivity (Wildman–Crippen MR) is 78.1 cm³/mol. The van der Waals surface area contributed by atoms with E-state index in [0.29, 0.717) is 30.9 Å². The summed E-state index contributed by atoms with van der Waals surface area (Å²) in [6, 6.07) is 3.00. The average Bonchev–Trinajstić information content (AvgIpc) is 2.49. The van der Waals surface area contributed by atoms with Crippen molar-refractivity contribution >= 4 is 5.91 Å². The van der Waals surface area contributed by atoms with Crippen molar-refractivity contribution in [3.8, 4) is 0 Å². The van der Waals surface area contributed by atoms with E-state index in [1.165, 1.54) is 18.4 Å². The lowest BCUT2D eigenvalue weighted by Gasteiger charge is -2.26. The molecule has 21 heavy (non-hydrogen) atoms. The van der Waals surface area contributed by atoms with Crippen LogP contribution in [0.5, 0.6) is 0 Å². The molecule has 6 nitrogen and oxygen atoms in total. The standard InChI is InChI=1S/C15H22N2O4/c16-12-3-5-13(6-4-12)20-9-1-8-17-15(19)11-2-7-14(18)21-10-11/h2,7,10,12-13H,1,3-6,8-9,16H2,(H,17,19). The fraction of sp³-hybridized carbons (Fsp3) is 0.600. The largest absolute Gasteiger partial charge is 0.430 e. The summed E-state index contributed by atoms with van der Waals surface area (Å²) in [5.74, 6) is -0.248. The Morgan fingerprint density at radius 3 is 2.76 bits per heavy atom. The Hall–Kier alpha value is -1.66. The molecule has 116 valence electrons. The van der Waals surface area contributed by atoms with Crippen LogP contribution in [0.15, 0.2) is 27.6 Å². The first kappa shape index (κ1) is 15.7. The van der Waals surface area contributed by atoms with Gasteiger partial charge in [-0.05, 0) is 38.2 Å². The van der Waals surface area contributed by atoms with E-state index in [0.717, 1.165) is 32.1 Å². The number of carbonyl (C=O) groups is 1. The second-order valence-electron chi connectivity index (χ2n) is 5.36. The van der Waals surface area contributed by atoms with Crippen molar-refractivity contribution in [3.05, 3.63) is 34.4 Å². The van der Waals surface area contributed by atoms with Gasteiger partial charge in [0.2, 0.25) is 0 Å². The van der Waals surface area contributed by atoms with E-state index in [-0.39, 0.29) is 5.91 Å². The Labute approximate surface area is 123 Å². The van der Waals surface area contributed by atoms with Crippen LogP contribution in [0.25, 0.3) is 0 Å². The first-order chi connectivity index (χ1) is 10.1. The van der Waals surface area contributed by atoms with Gasteiger partial charge in [-0.3, -0.25) is 4.79 Å². The number of nitrogens with two attached hydrogens (primary N) is 1. The Balaban J connectivity index is 1.58. The number of nitrogens with one attached hydrogen (secondary N) is 1. The molecule has 0 atom stereocenters. The topological polar surface area (TPSA) is 94.6 Å². The molecule has 0 radical (unpaired) electrons. The highest BCUT2D eigenvalue weighted by Crippen LogP contribution is 2.19. The third kappa shape index (κ3) is 5.32. The average molecular weight is 294 g/mol. The molecule has 1 saturated carbocycles. The van der Waals surface area contributed by atoms with E-state index in [1.807, 2.05) is 0 Å². The number of rotatable bonds is 6. The highest BCUT2D eigenvalue weighted by Gasteiger charge is 2.18. The molecule has 1 amide bonds. The monoisotopic (exact) mass is 294 g/mol. The fourth-order valence-corrected chi connectivity index (χ4v) is 2.37. The fourth-order valence-electron chi connectivity index (χ4n) is 2.37. The zero-order chi connectivity index (χ0) is 15.1. The lowest BCUT2D eigenvalue weighted by Crippen LogP contribution is -2.31. The van der Waals surface area contributed by atoms with Gasteiger partial charge in [0.1, 0.15) is 6.26 Å². The van der Waals surface area contributed by atoms with Gasteiger partial charge in [0.25, 0.3) is 5.91 Å². The molecular formula is C15H22N2O4. The van der Waals surface area contributed by atoms with Crippen LogP contribution in [0.2, 0.25) is 0 Å². The molecule has 0 spiro atoms. The normalized spacial score (nSPS) is 22.0. The maximum absolute atomic E-state index is 11.7. The summed E-state index contributed by atoms with van der Waals surface area (Å²) < 4.78 is 10.4. The second kappa shape index (κ2) is 7.95. The zero-order valence-corrected chi connectivity index (χ0v) is 12.0. The third-order valence-electron chi connectivity index (χ3n) is 3.64. The van der Waals surface area contributed by atoms with Crippen LogP contribution >= 0.6 is 0 Å². The van der Waals surface area contributed by atoms with Crippen LogP contribution in [0.3, 0.4) is 0 Å². The summed E-state index contributed by atoms with van der Waals surface area (Å²) in [4.78, 5) is 22.5. The highest BCUT2D eigenvalue weighted by atomic mass is 16.5. The maximum atomic E-state index is 11.7. The number of ether oxygens (including phenoxy) is 1. The van der Waals surface area contributed by atoms with Crippen molar-refractivity contribution in [2.24, 2.45) is 5.73 Å². The minimum atomic E-state index is -0.466.